The molecule has 0 aliphatic carbocycles. The van der Waals surface area contributed by atoms with Crippen LogP contribution < -0.4 is 10.6 Å². The maximum Gasteiger partial charge on any atom is 0.416 e. The van der Waals surface area contributed by atoms with Crippen LogP contribution >= 0.6 is 0 Å². The zero-order chi connectivity index (χ0) is 26.3. The Labute approximate surface area is 205 Å². The van der Waals surface area contributed by atoms with Gasteiger partial charge in [0.05, 0.1) is 40.3 Å². The van der Waals surface area contributed by atoms with E-state index in [4.69, 9.17) is 0 Å². The van der Waals surface area contributed by atoms with E-state index in [0.29, 0.717) is 17.8 Å². The number of anilines is 3. The first-order chi connectivity index (χ1) is 16.8. The van der Waals surface area contributed by atoms with E-state index in [1.54, 1.807) is 18.2 Å². The molecular formula is C27H24F3N3O3. The molecule has 36 heavy (non-hydrogen) atoms. The Bertz CT molecular complexity index is 1370. The minimum absolute atomic E-state index is 0.136. The van der Waals surface area contributed by atoms with Gasteiger partial charge in [-0.3, -0.25) is 9.79 Å². The molecule has 0 saturated carbocycles. The summed E-state index contributed by atoms with van der Waals surface area (Å²) in [5.41, 5.74) is 1.60. The molecule has 6 nitrogen and oxygen atoms in total. The van der Waals surface area contributed by atoms with Crippen molar-refractivity contribution in [2.24, 2.45) is 4.99 Å². The summed E-state index contributed by atoms with van der Waals surface area (Å²) in [5.74, 6) is -2.15. The van der Waals surface area contributed by atoms with Gasteiger partial charge in [-0.25, -0.2) is 4.79 Å². The van der Waals surface area contributed by atoms with Crippen molar-refractivity contribution in [2.45, 2.75) is 32.4 Å². The number of carbonyl (C=O) groups excluding carboxylic acids is 1. The number of nitrogens with zero attached hydrogens (tertiary/aromatic N) is 1. The summed E-state index contributed by atoms with van der Waals surface area (Å²) in [6, 6.07) is 14.6. The molecule has 1 heterocycles. The highest BCUT2D eigenvalue weighted by molar-refractivity contribution is 6.12. The fourth-order valence-corrected chi connectivity index (χ4v) is 3.63. The Morgan fingerprint density at radius 3 is 2.06 bits per heavy atom. The second-order valence-electron chi connectivity index (χ2n) is 9.49. The summed E-state index contributed by atoms with van der Waals surface area (Å²) in [7, 11) is 0. The lowest BCUT2D eigenvalue weighted by Gasteiger charge is -2.21. The number of amides is 1. The molecule has 9 heteroatoms. The number of hydrogen-bond acceptors (Lipinski definition) is 4. The number of benzene rings is 3. The molecular weight excluding hydrogens is 471 g/mol. The summed E-state index contributed by atoms with van der Waals surface area (Å²) in [5, 5.41) is 15.1. The van der Waals surface area contributed by atoms with Gasteiger partial charge in [0.2, 0.25) is 0 Å². The molecule has 1 aliphatic heterocycles. The summed E-state index contributed by atoms with van der Waals surface area (Å²) in [6.07, 6.45) is -4.64. The topological polar surface area (TPSA) is 90.8 Å². The minimum Gasteiger partial charge on any atom is -0.478 e. The van der Waals surface area contributed by atoms with Crippen LogP contribution in [0.5, 0.6) is 0 Å². The third kappa shape index (κ3) is 5.56. The van der Waals surface area contributed by atoms with Crippen molar-refractivity contribution in [1.29, 1.82) is 0 Å². The standard InChI is InChI=1S/C27H24F3N3O3/c1-26(2,3)16-6-10-19(25(35)36)20(12-16)24(34)33-22-13-17(27(28,29)30)7-11-21(22)32-18-8-4-15(5-9-18)23-14-31-23/h4-13,32H,14H2,1-3H3,(H,33,34)(H,35,36). The molecule has 3 N–H and O–H groups in total. The highest BCUT2D eigenvalue weighted by Gasteiger charge is 2.31. The first-order valence-corrected chi connectivity index (χ1v) is 11.1. The third-order valence-corrected chi connectivity index (χ3v) is 5.77. The quantitative estimate of drug-likeness (QED) is 0.364. The van der Waals surface area contributed by atoms with Crippen molar-refractivity contribution in [3.05, 3.63) is 88.5 Å². The molecule has 0 radical (unpaired) electrons. The molecule has 3 aromatic carbocycles. The van der Waals surface area contributed by atoms with Gasteiger partial charge in [0.15, 0.2) is 0 Å². The SMILES string of the molecule is CC(C)(C)c1ccc(C(=O)O)c(C(=O)Nc2cc(C(F)(F)F)ccc2Nc2ccc(C3=NC3)cc2)c1. The molecule has 4 rings (SSSR count). The van der Waals surface area contributed by atoms with Crippen molar-refractivity contribution in [3.8, 4) is 0 Å². The third-order valence-electron chi connectivity index (χ3n) is 5.77. The highest BCUT2D eigenvalue weighted by Crippen LogP contribution is 2.36. The van der Waals surface area contributed by atoms with Gasteiger partial charge in [-0.05, 0) is 59.0 Å². The largest absolute Gasteiger partial charge is 0.478 e. The highest BCUT2D eigenvalue weighted by atomic mass is 19.4. The number of carbonyl (C=O) groups is 2. The van der Waals surface area contributed by atoms with Gasteiger partial charge in [-0.2, -0.15) is 13.2 Å². The van der Waals surface area contributed by atoms with Gasteiger partial charge in [0.25, 0.3) is 5.91 Å². The first-order valence-electron chi connectivity index (χ1n) is 11.1. The van der Waals surface area contributed by atoms with Gasteiger partial charge in [-0.1, -0.05) is 39.0 Å². The molecule has 1 aliphatic rings. The molecule has 0 unspecified atom stereocenters. The molecule has 0 atom stereocenters. The molecule has 186 valence electrons. The van der Waals surface area contributed by atoms with Gasteiger partial charge in [-0.15, -0.1) is 0 Å². The normalized spacial score (nSPS) is 13.1. The fraction of sp³-hybridized carbons (Fsp3) is 0.222. The van der Waals surface area contributed by atoms with Crippen molar-refractivity contribution >= 4 is 34.7 Å². The number of carboxylic acid groups (broad SMARTS) is 1. The maximum absolute atomic E-state index is 13.4. The van der Waals surface area contributed by atoms with Crippen LogP contribution in [0.15, 0.2) is 65.7 Å². The van der Waals surface area contributed by atoms with Gasteiger partial charge < -0.3 is 15.7 Å². The summed E-state index contributed by atoms with van der Waals surface area (Å²) < 4.78 is 40.3. The summed E-state index contributed by atoms with van der Waals surface area (Å²) in [4.78, 5) is 29.1. The van der Waals surface area contributed by atoms with E-state index >= 15 is 0 Å². The smallest absolute Gasteiger partial charge is 0.416 e. The fourth-order valence-electron chi connectivity index (χ4n) is 3.63. The van der Waals surface area contributed by atoms with Gasteiger partial charge in [0, 0.05) is 5.69 Å². The van der Waals surface area contributed by atoms with Crippen LogP contribution in [-0.4, -0.2) is 29.2 Å². The first kappa shape index (κ1) is 25.0. The number of halogens is 3. The van der Waals surface area contributed by atoms with E-state index in [1.165, 1.54) is 18.2 Å². The Balaban J connectivity index is 1.70. The number of hydrogen-bond donors (Lipinski definition) is 3. The monoisotopic (exact) mass is 495 g/mol. The predicted octanol–water partition coefficient (Wildman–Crippen LogP) is 6.50. The van der Waals surface area contributed by atoms with E-state index in [9.17, 15) is 27.9 Å². The van der Waals surface area contributed by atoms with Crippen LogP contribution in [0.3, 0.4) is 0 Å². The van der Waals surface area contributed by atoms with Crippen molar-refractivity contribution in [1.82, 2.24) is 0 Å². The Hall–Kier alpha value is -4.14. The Morgan fingerprint density at radius 1 is 0.861 bits per heavy atom. The molecule has 0 bridgehead atoms. The zero-order valence-electron chi connectivity index (χ0n) is 19.8. The van der Waals surface area contributed by atoms with Crippen molar-refractivity contribution in [3.63, 3.8) is 0 Å². The molecule has 0 saturated heterocycles. The predicted molar refractivity (Wildman–Crippen MR) is 133 cm³/mol. The van der Waals surface area contributed by atoms with Crippen molar-refractivity contribution in [2.75, 3.05) is 17.2 Å². The number of alkyl halides is 3. The maximum atomic E-state index is 13.4. The molecule has 0 aromatic heterocycles. The number of aromatic carboxylic acids is 1. The van der Waals surface area contributed by atoms with E-state index in [0.717, 1.165) is 23.4 Å². The van der Waals surface area contributed by atoms with E-state index in [1.807, 2.05) is 32.9 Å². The molecule has 3 aromatic rings. The number of aliphatic imine (C=N–C) groups is 1. The van der Waals surface area contributed by atoms with Crippen LogP contribution in [0.4, 0.5) is 30.2 Å². The lowest BCUT2D eigenvalue weighted by molar-refractivity contribution is -0.137. The lowest BCUT2D eigenvalue weighted by Crippen LogP contribution is -2.20. The van der Waals surface area contributed by atoms with E-state index in [2.05, 4.69) is 15.6 Å². The van der Waals surface area contributed by atoms with E-state index < -0.39 is 23.6 Å². The summed E-state index contributed by atoms with van der Waals surface area (Å²) in [6.45, 7) is 6.40. The number of carboxylic acids is 1. The van der Waals surface area contributed by atoms with Crippen LogP contribution in [0, 0.1) is 0 Å². The second kappa shape index (κ2) is 9.14. The van der Waals surface area contributed by atoms with Crippen LogP contribution in [0.25, 0.3) is 0 Å². The minimum atomic E-state index is -4.64. The van der Waals surface area contributed by atoms with Crippen LogP contribution in [-0.2, 0) is 11.6 Å². The number of nitrogens with one attached hydrogen (secondary N) is 2. The van der Waals surface area contributed by atoms with Gasteiger partial charge in [0.1, 0.15) is 0 Å². The van der Waals surface area contributed by atoms with Crippen molar-refractivity contribution < 1.29 is 27.9 Å². The van der Waals surface area contributed by atoms with Gasteiger partial charge >= 0.3 is 12.1 Å². The lowest BCUT2D eigenvalue weighted by atomic mass is 9.85. The average Bonchev–Trinajstić information content (AvgIpc) is 3.64. The van der Waals surface area contributed by atoms with Crippen LogP contribution in [0.1, 0.15) is 58.2 Å². The molecule has 0 spiro atoms. The van der Waals surface area contributed by atoms with E-state index in [-0.39, 0.29) is 27.9 Å². The second-order valence-corrected chi connectivity index (χ2v) is 9.49. The zero-order valence-corrected chi connectivity index (χ0v) is 19.8. The summed E-state index contributed by atoms with van der Waals surface area (Å²) >= 11 is 0. The number of rotatable bonds is 6. The molecule has 0 fully saturated rings. The average molecular weight is 496 g/mol. The Kier molecular flexibility index (Phi) is 6.34. The molecule has 1 amide bonds. The van der Waals surface area contributed by atoms with Crippen LogP contribution in [0.2, 0.25) is 0 Å². The Morgan fingerprint density at radius 2 is 1.50 bits per heavy atom.